The van der Waals surface area contributed by atoms with Gasteiger partial charge in [0.1, 0.15) is 11.8 Å². The summed E-state index contributed by atoms with van der Waals surface area (Å²) >= 11 is 0. The number of imidazole rings is 1. The average Bonchev–Trinajstić information content (AvgIpc) is 3.27. The van der Waals surface area contributed by atoms with Crippen LogP contribution >= 0.6 is 0 Å². The molecule has 6 nitrogen and oxygen atoms in total. The number of nitrogens with zero attached hydrogens (tertiary/aromatic N) is 4. The fourth-order valence-corrected chi connectivity index (χ4v) is 3.12. The molecule has 4 rings (SSSR count). The standard InChI is InChI=1S/C18H21N5O/c1-2-5-14(6-3-1)8-9-19-17-16-18(21-12-20-17)23(13-22-16)11-15-7-4-10-24-15/h1-3,5-6,12-13,15H,4,7-11H2,(H,19,20,21). The summed E-state index contributed by atoms with van der Waals surface area (Å²) in [6.07, 6.45) is 6.89. The Morgan fingerprint density at radius 2 is 2.08 bits per heavy atom. The summed E-state index contributed by atoms with van der Waals surface area (Å²) in [5.74, 6) is 0.794. The molecule has 0 saturated carbocycles. The normalized spacial score (nSPS) is 17.4. The molecule has 2 aromatic heterocycles. The number of nitrogens with one attached hydrogen (secondary N) is 1. The minimum absolute atomic E-state index is 0.270. The molecule has 1 saturated heterocycles. The maximum Gasteiger partial charge on any atom is 0.165 e. The molecule has 0 spiro atoms. The van der Waals surface area contributed by atoms with Crippen molar-refractivity contribution in [3.63, 3.8) is 0 Å². The van der Waals surface area contributed by atoms with Crippen LogP contribution < -0.4 is 5.32 Å². The van der Waals surface area contributed by atoms with Crippen LogP contribution in [0.5, 0.6) is 0 Å². The van der Waals surface area contributed by atoms with Gasteiger partial charge in [-0.1, -0.05) is 30.3 Å². The molecule has 6 heteroatoms. The first kappa shape index (κ1) is 15.1. The lowest BCUT2D eigenvalue weighted by Crippen LogP contribution is -2.14. The number of fused-ring (bicyclic) bond motifs is 1. The van der Waals surface area contributed by atoms with E-state index in [0.29, 0.717) is 0 Å². The van der Waals surface area contributed by atoms with Crippen molar-refractivity contribution in [3.8, 4) is 0 Å². The van der Waals surface area contributed by atoms with Crippen molar-refractivity contribution in [1.29, 1.82) is 0 Å². The SMILES string of the molecule is c1ccc(CCNc2ncnc3c2ncn3CC2CCCO2)cc1. The number of ether oxygens (including phenoxy) is 1. The van der Waals surface area contributed by atoms with Gasteiger partial charge in [0, 0.05) is 13.2 Å². The zero-order valence-electron chi connectivity index (χ0n) is 13.6. The topological polar surface area (TPSA) is 64.9 Å². The van der Waals surface area contributed by atoms with E-state index >= 15 is 0 Å². The van der Waals surface area contributed by atoms with E-state index in [0.717, 1.165) is 55.9 Å². The quantitative estimate of drug-likeness (QED) is 0.755. The molecule has 3 aromatic rings. The van der Waals surface area contributed by atoms with Gasteiger partial charge in [0.25, 0.3) is 0 Å². The summed E-state index contributed by atoms with van der Waals surface area (Å²) in [6.45, 7) is 2.48. The first-order chi connectivity index (χ1) is 11.9. The average molecular weight is 323 g/mol. The molecular formula is C18H21N5O. The number of hydrogen-bond donors (Lipinski definition) is 1. The molecular weight excluding hydrogens is 302 g/mol. The first-order valence-electron chi connectivity index (χ1n) is 8.45. The van der Waals surface area contributed by atoms with Gasteiger partial charge in [0.15, 0.2) is 11.5 Å². The van der Waals surface area contributed by atoms with Gasteiger partial charge in [-0.05, 0) is 24.8 Å². The highest BCUT2D eigenvalue weighted by molar-refractivity contribution is 5.82. The van der Waals surface area contributed by atoms with Gasteiger partial charge in [-0.3, -0.25) is 0 Å². The number of anilines is 1. The van der Waals surface area contributed by atoms with Crippen LogP contribution in [-0.2, 0) is 17.7 Å². The van der Waals surface area contributed by atoms with E-state index in [1.807, 2.05) is 12.4 Å². The molecule has 3 heterocycles. The van der Waals surface area contributed by atoms with Gasteiger partial charge in [-0.2, -0.15) is 0 Å². The Labute approximate surface area is 140 Å². The Kier molecular flexibility index (Phi) is 4.38. The van der Waals surface area contributed by atoms with E-state index in [2.05, 4.69) is 49.1 Å². The Morgan fingerprint density at radius 3 is 2.92 bits per heavy atom. The molecule has 0 amide bonds. The van der Waals surface area contributed by atoms with Gasteiger partial charge in [0.05, 0.1) is 19.0 Å². The van der Waals surface area contributed by atoms with Crippen molar-refractivity contribution in [2.24, 2.45) is 0 Å². The number of hydrogen-bond acceptors (Lipinski definition) is 5. The zero-order valence-corrected chi connectivity index (χ0v) is 13.6. The van der Waals surface area contributed by atoms with Crippen LogP contribution in [-0.4, -0.2) is 38.8 Å². The predicted molar refractivity (Wildman–Crippen MR) is 92.9 cm³/mol. The molecule has 1 fully saturated rings. The van der Waals surface area contributed by atoms with Crippen LogP contribution in [0.25, 0.3) is 11.2 Å². The van der Waals surface area contributed by atoms with Crippen molar-refractivity contribution in [2.75, 3.05) is 18.5 Å². The molecule has 1 aliphatic heterocycles. The van der Waals surface area contributed by atoms with Crippen molar-refractivity contribution in [2.45, 2.75) is 31.9 Å². The predicted octanol–water partition coefficient (Wildman–Crippen LogP) is 2.66. The summed E-state index contributed by atoms with van der Waals surface area (Å²) in [4.78, 5) is 13.3. The maximum atomic E-state index is 5.71. The van der Waals surface area contributed by atoms with Crippen LogP contribution in [0.4, 0.5) is 5.82 Å². The summed E-state index contributed by atoms with van der Waals surface area (Å²) in [5, 5.41) is 3.38. The Balaban J connectivity index is 1.46. The molecule has 0 radical (unpaired) electrons. The molecule has 1 aromatic carbocycles. The van der Waals surface area contributed by atoms with Crippen molar-refractivity contribution in [1.82, 2.24) is 19.5 Å². The van der Waals surface area contributed by atoms with Crippen LogP contribution in [0.2, 0.25) is 0 Å². The Hall–Kier alpha value is -2.47. The molecule has 124 valence electrons. The lowest BCUT2D eigenvalue weighted by molar-refractivity contribution is 0.0978. The van der Waals surface area contributed by atoms with Gasteiger partial charge in [-0.25, -0.2) is 15.0 Å². The van der Waals surface area contributed by atoms with Crippen LogP contribution in [0, 0.1) is 0 Å². The van der Waals surface area contributed by atoms with Crippen LogP contribution in [0.15, 0.2) is 43.0 Å². The van der Waals surface area contributed by atoms with Crippen molar-refractivity contribution < 1.29 is 4.74 Å². The zero-order chi connectivity index (χ0) is 16.2. The Morgan fingerprint density at radius 1 is 1.17 bits per heavy atom. The maximum absolute atomic E-state index is 5.71. The van der Waals surface area contributed by atoms with E-state index < -0.39 is 0 Å². The summed E-state index contributed by atoms with van der Waals surface area (Å²) in [7, 11) is 0. The highest BCUT2D eigenvalue weighted by Crippen LogP contribution is 2.20. The number of benzene rings is 1. The van der Waals surface area contributed by atoms with Crippen LogP contribution in [0.1, 0.15) is 18.4 Å². The largest absolute Gasteiger partial charge is 0.376 e. The highest BCUT2D eigenvalue weighted by atomic mass is 16.5. The molecule has 1 unspecified atom stereocenters. The molecule has 1 aliphatic rings. The number of rotatable bonds is 6. The van der Waals surface area contributed by atoms with E-state index in [4.69, 9.17) is 4.74 Å². The summed E-state index contributed by atoms with van der Waals surface area (Å²) in [5.41, 5.74) is 2.99. The second kappa shape index (κ2) is 6.97. The molecule has 0 aliphatic carbocycles. The summed E-state index contributed by atoms with van der Waals surface area (Å²) < 4.78 is 7.78. The third kappa shape index (κ3) is 3.23. The van der Waals surface area contributed by atoms with E-state index in [1.165, 1.54) is 5.56 Å². The lowest BCUT2D eigenvalue weighted by Gasteiger charge is -2.10. The minimum Gasteiger partial charge on any atom is -0.376 e. The van der Waals surface area contributed by atoms with Gasteiger partial charge in [-0.15, -0.1) is 0 Å². The molecule has 24 heavy (non-hydrogen) atoms. The highest BCUT2D eigenvalue weighted by Gasteiger charge is 2.18. The molecule has 1 atom stereocenters. The fourth-order valence-electron chi connectivity index (χ4n) is 3.12. The first-order valence-corrected chi connectivity index (χ1v) is 8.45. The van der Waals surface area contributed by atoms with E-state index in [9.17, 15) is 0 Å². The lowest BCUT2D eigenvalue weighted by atomic mass is 10.1. The van der Waals surface area contributed by atoms with Gasteiger partial charge >= 0.3 is 0 Å². The number of aromatic nitrogens is 4. The van der Waals surface area contributed by atoms with E-state index in [-0.39, 0.29) is 6.10 Å². The third-order valence-electron chi connectivity index (χ3n) is 4.37. The second-order valence-corrected chi connectivity index (χ2v) is 6.09. The molecule has 0 bridgehead atoms. The van der Waals surface area contributed by atoms with Gasteiger partial charge in [0.2, 0.25) is 0 Å². The third-order valence-corrected chi connectivity index (χ3v) is 4.37. The minimum atomic E-state index is 0.270. The Bertz CT molecular complexity index is 796. The monoisotopic (exact) mass is 323 g/mol. The fraction of sp³-hybridized carbons (Fsp3) is 0.389. The second-order valence-electron chi connectivity index (χ2n) is 6.09. The van der Waals surface area contributed by atoms with Crippen LogP contribution in [0.3, 0.4) is 0 Å². The van der Waals surface area contributed by atoms with Crippen molar-refractivity contribution >= 4 is 17.0 Å². The smallest absolute Gasteiger partial charge is 0.165 e. The van der Waals surface area contributed by atoms with Gasteiger partial charge < -0.3 is 14.6 Å². The molecule has 1 N–H and O–H groups in total. The summed E-state index contributed by atoms with van der Waals surface area (Å²) in [6, 6.07) is 10.4. The van der Waals surface area contributed by atoms with Crippen molar-refractivity contribution in [3.05, 3.63) is 48.5 Å². The van der Waals surface area contributed by atoms with E-state index in [1.54, 1.807) is 6.33 Å².